The van der Waals surface area contributed by atoms with Gasteiger partial charge in [0.1, 0.15) is 0 Å². The maximum absolute atomic E-state index is 11.9. The van der Waals surface area contributed by atoms with Crippen LogP contribution in [-0.4, -0.2) is 39.5 Å². The maximum atomic E-state index is 11.9. The number of fused-ring (bicyclic) bond motifs is 1. The second-order valence-corrected chi connectivity index (χ2v) is 7.98. The molecule has 2 N–H and O–H groups in total. The molecule has 0 spiro atoms. The topological polar surface area (TPSA) is 115 Å². The predicted molar refractivity (Wildman–Crippen MR) is 95.9 cm³/mol. The van der Waals surface area contributed by atoms with Gasteiger partial charge >= 0.3 is 17.9 Å². The molecular weight excluding hydrogens is 380 g/mol. The smallest absolute Gasteiger partial charge is 0.350 e. The number of benzene rings is 1. The van der Waals surface area contributed by atoms with Crippen LogP contribution in [0.4, 0.5) is 5.69 Å². The predicted octanol–water partition coefficient (Wildman–Crippen LogP) is 2.60. The number of thiazole rings is 1. The summed E-state index contributed by atoms with van der Waals surface area (Å²) in [7, 11) is 0. The second kappa shape index (κ2) is 6.96. The number of carbonyl (C=O) groups is 3. The van der Waals surface area contributed by atoms with E-state index in [1.54, 1.807) is 18.2 Å². The SMILES string of the molecule is CC1(C)OC(=O)C(=CNc2ccc3nc(SCC(=O)O)sc3c2)C(=O)O1. The first-order chi connectivity index (χ1) is 12.2. The summed E-state index contributed by atoms with van der Waals surface area (Å²) < 4.78 is 11.5. The molecular formula is C16H14N2O6S2. The van der Waals surface area contributed by atoms with Crippen LogP contribution in [0.25, 0.3) is 10.2 Å². The van der Waals surface area contributed by atoms with Crippen molar-refractivity contribution in [2.45, 2.75) is 24.0 Å². The molecule has 2 heterocycles. The van der Waals surface area contributed by atoms with Gasteiger partial charge in [0.05, 0.1) is 16.0 Å². The lowest BCUT2D eigenvalue weighted by atomic mass is 10.2. The van der Waals surface area contributed by atoms with E-state index < -0.39 is 23.7 Å². The Morgan fingerprint density at radius 2 is 2.04 bits per heavy atom. The normalized spacial score (nSPS) is 16.2. The van der Waals surface area contributed by atoms with E-state index in [4.69, 9.17) is 14.6 Å². The van der Waals surface area contributed by atoms with Crippen LogP contribution in [0.2, 0.25) is 0 Å². The minimum absolute atomic E-state index is 0.0579. The molecule has 0 bridgehead atoms. The van der Waals surface area contributed by atoms with Crippen molar-refractivity contribution in [1.29, 1.82) is 0 Å². The van der Waals surface area contributed by atoms with Gasteiger partial charge in [0.25, 0.3) is 5.79 Å². The zero-order valence-corrected chi connectivity index (χ0v) is 15.4. The van der Waals surface area contributed by atoms with Crippen LogP contribution in [0.5, 0.6) is 0 Å². The lowest BCUT2D eigenvalue weighted by molar-refractivity contribution is -0.222. The third-order valence-corrected chi connectivity index (χ3v) is 5.33. The Balaban J connectivity index is 1.75. The fraction of sp³-hybridized carbons (Fsp3) is 0.250. The number of nitrogens with zero attached hydrogens (tertiary/aromatic N) is 1. The van der Waals surface area contributed by atoms with E-state index in [0.717, 1.165) is 22.0 Å². The third-order valence-electron chi connectivity index (χ3n) is 3.19. The fourth-order valence-corrected chi connectivity index (χ4v) is 3.94. The first-order valence-electron chi connectivity index (χ1n) is 7.42. The monoisotopic (exact) mass is 394 g/mol. The van der Waals surface area contributed by atoms with Gasteiger partial charge in [0.15, 0.2) is 9.91 Å². The van der Waals surface area contributed by atoms with E-state index in [1.165, 1.54) is 31.4 Å². The molecule has 3 rings (SSSR count). The Bertz CT molecular complexity index is 912. The molecule has 2 aromatic rings. The molecule has 1 aromatic carbocycles. The number of hydrogen-bond acceptors (Lipinski definition) is 9. The summed E-state index contributed by atoms with van der Waals surface area (Å²) in [5.41, 5.74) is 1.14. The summed E-state index contributed by atoms with van der Waals surface area (Å²) in [5.74, 6) is -3.76. The highest BCUT2D eigenvalue weighted by Gasteiger charge is 2.38. The van der Waals surface area contributed by atoms with Crippen LogP contribution in [-0.2, 0) is 23.9 Å². The molecule has 0 aliphatic carbocycles. The summed E-state index contributed by atoms with van der Waals surface area (Å²) in [4.78, 5) is 38.8. The highest BCUT2D eigenvalue weighted by atomic mass is 32.2. The molecule has 0 unspecified atom stereocenters. The summed E-state index contributed by atoms with van der Waals surface area (Å²) in [6.45, 7) is 2.95. The number of ether oxygens (including phenoxy) is 2. The minimum atomic E-state index is -1.28. The van der Waals surface area contributed by atoms with Crippen LogP contribution < -0.4 is 5.32 Å². The minimum Gasteiger partial charge on any atom is -0.481 e. The first kappa shape index (κ1) is 18.2. The molecule has 1 saturated heterocycles. The van der Waals surface area contributed by atoms with Gasteiger partial charge in [-0.25, -0.2) is 14.6 Å². The Kier molecular flexibility index (Phi) is 4.88. The highest BCUT2D eigenvalue weighted by molar-refractivity contribution is 8.01. The van der Waals surface area contributed by atoms with Crippen LogP contribution >= 0.6 is 23.1 Å². The Hall–Kier alpha value is -2.59. The second-order valence-electron chi connectivity index (χ2n) is 5.73. The standard InChI is InChI=1S/C16H14N2O6S2/c1-16(2)23-13(21)9(14(22)24-16)6-17-8-3-4-10-11(5-8)26-15(18-10)25-7-12(19)20/h3-6,17H,7H2,1-2H3,(H,19,20). The van der Waals surface area contributed by atoms with Crippen molar-refractivity contribution in [3.8, 4) is 0 Å². The number of cyclic esters (lactones) is 2. The van der Waals surface area contributed by atoms with Crippen molar-refractivity contribution in [1.82, 2.24) is 4.98 Å². The molecule has 1 aromatic heterocycles. The molecule has 0 amide bonds. The molecule has 136 valence electrons. The number of aliphatic carboxylic acids is 1. The number of rotatable bonds is 5. The number of aromatic nitrogens is 1. The Morgan fingerprint density at radius 1 is 1.35 bits per heavy atom. The van der Waals surface area contributed by atoms with Crippen molar-refractivity contribution in [3.63, 3.8) is 0 Å². The highest BCUT2D eigenvalue weighted by Crippen LogP contribution is 2.31. The van der Waals surface area contributed by atoms with Gasteiger partial charge in [-0.1, -0.05) is 11.8 Å². The van der Waals surface area contributed by atoms with E-state index in [-0.39, 0.29) is 11.3 Å². The van der Waals surface area contributed by atoms with E-state index in [9.17, 15) is 14.4 Å². The van der Waals surface area contributed by atoms with Crippen LogP contribution in [0.15, 0.2) is 34.3 Å². The van der Waals surface area contributed by atoms with Crippen LogP contribution in [0, 0.1) is 0 Å². The van der Waals surface area contributed by atoms with E-state index in [1.807, 2.05) is 0 Å². The van der Waals surface area contributed by atoms with Gasteiger partial charge in [0, 0.05) is 25.7 Å². The third kappa shape index (κ3) is 4.14. The average Bonchev–Trinajstić information content (AvgIpc) is 2.93. The molecule has 10 heteroatoms. The number of hydrogen-bond donors (Lipinski definition) is 2. The van der Waals surface area contributed by atoms with Crippen molar-refractivity contribution in [3.05, 3.63) is 30.0 Å². The summed E-state index contributed by atoms with van der Waals surface area (Å²) in [6.07, 6.45) is 1.24. The number of carboxylic acids is 1. The van der Waals surface area contributed by atoms with E-state index in [0.29, 0.717) is 10.0 Å². The number of anilines is 1. The van der Waals surface area contributed by atoms with Gasteiger partial charge in [0.2, 0.25) is 0 Å². The lowest BCUT2D eigenvalue weighted by Gasteiger charge is -2.29. The maximum Gasteiger partial charge on any atom is 0.350 e. The number of thioether (sulfide) groups is 1. The summed E-state index contributed by atoms with van der Waals surface area (Å²) in [6, 6.07) is 5.28. The van der Waals surface area contributed by atoms with E-state index >= 15 is 0 Å². The number of nitrogens with one attached hydrogen (secondary N) is 1. The van der Waals surface area contributed by atoms with Crippen molar-refractivity contribution in [2.24, 2.45) is 0 Å². The number of carbonyl (C=O) groups excluding carboxylic acids is 2. The molecule has 1 aliphatic rings. The fourth-order valence-electron chi connectivity index (χ4n) is 2.11. The Labute approximate surface area is 156 Å². The molecule has 26 heavy (non-hydrogen) atoms. The molecule has 1 fully saturated rings. The lowest BCUT2D eigenvalue weighted by Crippen LogP contribution is -2.42. The zero-order valence-electron chi connectivity index (χ0n) is 13.8. The molecule has 8 nitrogen and oxygen atoms in total. The van der Waals surface area contributed by atoms with Gasteiger partial charge in [-0.2, -0.15) is 0 Å². The molecule has 1 aliphatic heterocycles. The molecule has 0 radical (unpaired) electrons. The van der Waals surface area contributed by atoms with Crippen molar-refractivity contribution >= 4 is 56.9 Å². The van der Waals surface area contributed by atoms with Gasteiger partial charge in [-0.05, 0) is 18.2 Å². The van der Waals surface area contributed by atoms with Crippen LogP contribution in [0.1, 0.15) is 13.8 Å². The van der Waals surface area contributed by atoms with Gasteiger partial charge < -0.3 is 19.9 Å². The quantitative estimate of drug-likeness (QED) is 0.342. The van der Waals surface area contributed by atoms with Crippen molar-refractivity contribution in [2.75, 3.05) is 11.1 Å². The average molecular weight is 394 g/mol. The number of esters is 2. The molecule has 0 atom stereocenters. The van der Waals surface area contributed by atoms with Gasteiger partial charge in [-0.15, -0.1) is 11.3 Å². The molecule has 0 saturated carbocycles. The van der Waals surface area contributed by atoms with Crippen molar-refractivity contribution < 1.29 is 29.0 Å². The number of carboxylic acid groups (broad SMARTS) is 1. The van der Waals surface area contributed by atoms with Gasteiger partial charge in [-0.3, -0.25) is 4.79 Å². The van der Waals surface area contributed by atoms with Crippen LogP contribution in [0.3, 0.4) is 0 Å². The summed E-state index contributed by atoms with van der Waals surface area (Å²) >= 11 is 2.51. The van der Waals surface area contributed by atoms with E-state index in [2.05, 4.69) is 10.3 Å². The Morgan fingerprint density at radius 3 is 2.69 bits per heavy atom. The summed E-state index contributed by atoms with van der Waals surface area (Å²) in [5, 5.41) is 11.6. The zero-order chi connectivity index (χ0) is 18.9. The first-order valence-corrected chi connectivity index (χ1v) is 9.22. The largest absolute Gasteiger partial charge is 0.481 e.